The normalized spacial score (nSPS) is 14.8. The maximum Gasteiger partial charge on any atom is 0.124 e. The fraction of sp³-hybridized carbons (Fsp3) is 0.571. The first-order valence-electron chi connectivity index (χ1n) is 6.26. The molecule has 0 saturated heterocycles. The number of rotatable bonds is 3. The Morgan fingerprint density at radius 2 is 2.12 bits per heavy atom. The van der Waals surface area contributed by atoms with Crippen molar-refractivity contribution in [3.63, 3.8) is 0 Å². The summed E-state index contributed by atoms with van der Waals surface area (Å²) in [5, 5.41) is 0. The number of aryl methyl sites for hydroxylation is 2. The molecule has 0 N–H and O–H groups in total. The summed E-state index contributed by atoms with van der Waals surface area (Å²) in [6.07, 6.45) is 3.52. The summed E-state index contributed by atoms with van der Waals surface area (Å²) >= 11 is 0. The Balaban J connectivity index is 2.42. The quantitative estimate of drug-likeness (QED) is 0.774. The molecule has 2 nitrogen and oxygen atoms in total. The lowest BCUT2D eigenvalue weighted by Crippen LogP contribution is -2.24. The van der Waals surface area contributed by atoms with E-state index in [1.165, 1.54) is 29.7 Å². The number of fused-ring (bicyclic) bond motifs is 1. The Bertz CT molecular complexity index is 373. The molecule has 0 amide bonds. The SMILES string of the molecule is CCOc1cc2c(cc1CC)CCCN2C. The summed E-state index contributed by atoms with van der Waals surface area (Å²) in [6.45, 7) is 6.14. The summed E-state index contributed by atoms with van der Waals surface area (Å²) in [4.78, 5) is 2.33. The Morgan fingerprint density at radius 1 is 1.31 bits per heavy atom. The van der Waals surface area contributed by atoms with E-state index in [1.54, 1.807) is 0 Å². The van der Waals surface area contributed by atoms with Crippen LogP contribution in [0.25, 0.3) is 0 Å². The zero-order valence-corrected chi connectivity index (χ0v) is 10.5. The van der Waals surface area contributed by atoms with Gasteiger partial charge in [-0.2, -0.15) is 0 Å². The molecule has 0 bridgehead atoms. The third kappa shape index (κ3) is 2.01. The van der Waals surface area contributed by atoms with Crippen molar-refractivity contribution in [3.05, 3.63) is 23.3 Å². The maximum atomic E-state index is 5.72. The molecule has 0 spiro atoms. The highest BCUT2D eigenvalue weighted by atomic mass is 16.5. The number of hydrogen-bond donors (Lipinski definition) is 0. The summed E-state index contributed by atoms with van der Waals surface area (Å²) in [7, 11) is 2.17. The third-order valence-corrected chi connectivity index (χ3v) is 3.29. The minimum atomic E-state index is 0.746. The molecule has 2 rings (SSSR count). The van der Waals surface area contributed by atoms with Crippen LogP contribution < -0.4 is 9.64 Å². The lowest BCUT2D eigenvalue weighted by molar-refractivity contribution is 0.336. The van der Waals surface area contributed by atoms with Crippen molar-refractivity contribution in [2.75, 3.05) is 25.1 Å². The molecule has 0 aromatic heterocycles. The van der Waals surface area contributed by atoms with Gasteiger partial charge in [0.1, 0.15) is 5.75 Å². The first kappa shape index (κ1) is 11.3. The maximum absolute atomic E-state index is 5.72. The smallest absolute Gasteiger partial charge is 0.124 e. The van der Waals surface area contributed by atoms with Crippen LogP contribution in [-0.4, -0.2) is 20.2 Å². The van der Waals surface area contributed by atoms with Crippen LogP contribution in [0.4, 0.5) is 5.69 Å². The van der Waals surface area contributed by atoms with Crippen LogP contribution in [0.2, 0.25) is 0 Å². The molecule has 0 unspecified atom stereocenters. The van der Waals surface area contributed by atoms with E-state index in [1.807, 2.05) is 6.92 Å². The molecule has 88 valence electrons. The molecule has 0 radical (unpaired) electrons. The van der Waals surface area contributed by atoms with E-state index in [0.29, 0.717) is 0 Å². The highest BCUT2D eigenvalue weighted by molar-refractivity contribution is 5.60. The van der Waals surface area contributed by atoms with Crippen molar-refractivity contribution < 1.29 is 4.74 Å². The molecule has 16 heavy (non-hydrogen) atoms. The van der Waals surface area contributed by atoms with Crippen molar-refractivity contribution in [3.8, 4) is 5.75 Å². The minimum Gasteiger partial charge on any atom is -0.494 e. The zero-order chi connectivity index (χ0) is 11.5. The number of hydrogen-bond acceptors (Lipinski definition) is 2. The second kappa shape index (κ2) is 4.77. The fourth-order valence-corrected chi connectivity index (χ4v) is 2.41. The molecular formula is C14H21NO. The Kier molecular flexibility index (Phi) is 3.37. The summed E-state index contributed by atoms with van der Waals surface area (Å²) < 4.78 is 5.72. The highest BCUT2D eigenvalue weighted by Crippen LogP contribution is 2.33. The Labute approximate surface area is 98.2 Å². The van der Waals surface area contributed by atoms with Crippen molar-refractivity contribution in [2.24, 2.45) is 0 Å². The minimum absolute atomic E-state index is 0.746. The topological polar surface area (TPSA) is 12.5 Å². The van der Waals surface area contributed by atoms with Gasteiger partial charge in [-0.3, -0.25) is 0 Å². The predicted octanol–water partition coefficient (Wildman–Crippen LogP) is 3.03. The predicted molar refractivity (Wildman–Crippen MR) is 68.6 cm³/mol. The average Bonchev–Trinajstić information content (AvgIpc) is 2.30. The molecule has 0 atom stereocenters. The van der Waals surface area contributed by atoms with Gasteiger partial charge in [0.2, 0.25) is 0 Å². The van der Waals surface area contributed by atoms with E-state index in [0.717, 1.165) is 25.3 Å². The molecule has 0 saturated carbocycles. The number of anilines is 1. The molecule has 0 fully saturated rings. The number of benzene rings is 1. The van der Waals surface area contributed by atoms with E-state index in [4.69, 9.17) is 4.74 Å². The van der Waals surface area contributed by atoms with Gasteiger partial charge in [0.25, 0.3) is 0 Å². The van der Waals surface area contributed by atoms with Crippen LogP contribution in [0.15, 0.2) is 12.1 Å². The van der Waals surface area contributed by atoms with E-state index < -0.39 is 0 Å². The molecule has 1 heterocycles. The van der Waals surface area contributed by atoms with E-state index in [9.17, 15) is 0 Å². The van der Waals surface area contributed by atoms with E-state index in [-0.39, 0.29) is 0 Å². The van der Waals surface area contributed by atoms with Gasteiger partial charge in [-0.25, -0.2) is 0 Å². The molecule has 1 aromatic carbocycles. The van der Waals surface area contributed by atoms with Gasteiger partial charge < -0.3 is 9.64 Å². The second-order valence-corrected chi connectivity index (χ2v) is 4.40. The van der Waals surface area contributed by atoms with Crippen molar-refractivity contribution in [1.29, 1.82) is 0 Å². The number of ether oxygens (including phenoxy) is 1. The molecule has 1 aromatic rings. The molecule has 1 aliphatic rings. The number of nitrogens with zero attached hydrogens (tertiary/aromatic N) is 1. The highest BCUT2D eigenvalue weighted by Gasteiger charge is 2.16. The molecule has 1 aliphatic heterocycles. The van der Waals surface area contributed by atoms with Crippen LogP contribution in [0.5, 0.6) is 5.75 Å². The summed E-state index contributed by atoms with van der Waals surface area (Å²) in [5.41, 5.74) is 4.18. The van der Waals surface area contributed by atoms with Gasteiger partial charge >= 0.3 is 0 Å². The third-order valence-electron chi connectivity index (χ3n) is 3.29. The average molecular weight is 219 g/mol. The fourth-order valence-electron chi connectivity index (χ4n) is 2.41. The lowest BCUT2D eigenvalue weighted by Gasteiger charge is -2.28. The van der Waals surface area contributed by atoms with Gasteiger partial charge in [-0.1, -0.05) is 13.0 Å². The van der Waals surface area contributed by atoms with E-state index in [2.05, 4.69) is 31.0 Å². The Morgan fingerprint density at radius 3 is 2.81 bits per heavy atom. The van der Waals surface area contributed by atoms with Gasteiger partial charge in [0.15, 0.2) is 0 Å². The largest absolute Gasteiger partial charge is 0.494 e. The van der Waals surface area contributed by atoms with Crippen molar-refractivity contribution in [2.45, 2.75) is 33.1 Å². The standard InChI is InChI=1S/C14H21NO/c1-4-11-9-12-7-6-8-15(3)13(12)10-14(11)16-5-2/h9-10H,4-8H2,1-3H3. The van der Waals surface area contributed by atoms with Crippen molar-refractivity contribution >= 4 is 5.69 Å². The van der Waals surface area contributed by atoms with E-state index >= 15 is 0 Å². The first-order chi connectivity index (χ1) is 7.76. The van der Waals surface area contributed by atoms with Gasteiger partial charge in [-0.05, 0) is 37.3 Å². The molecule has 0 aliphatic carbocycles. The van der Waals surface area contributed by atoms with Crippen molar-refractivity contribution in [1.82, 2.24) is 0 Å². The monoisotopic (exact) mass is 219 g/mol. The molecular weight excluding hydrogens is 198 g/mol. The van der Waals surface area contributed by atoms with Crippen LogP contribution in [-0.2, 0) is 12.8 Å². The first-order valence-corrected chi connectivity index (χ1v) is 6.26. The summed E-state index contributed by atoms with van der Waals surface area (Å²) in [5.74, 6) is 1.07. The van der Waals surface area contributed by atoms with Gasteiger partial charge in [-0.15, -0.1) is 0 Å². The van der Waals surface area contributed by atoms with Gasteiger partial charge in [0, 0.05) is 25.3 Å². The lowest BCUT2D eigenvalue weighted by atomic mass is 9.98. The Hall–Kier alpha value is -1.18. The second-order valence-electron chi connectivity index (χ2n) is 4.40. The van der Waals surface area contributed by atoms with Crippen LogP contribution in [0, 0.1) is 0 Å². The van der Waals surface area contributed by atoms with Crippen LogP contribution >= 0.6 is 0 Å². The summed E-state index contributed by atoms with van der Waals surface area (Å²) in [6, 6.07) is 4.55. The molecule has 2 heteroatoms. The van der Waals surface area contributed by atoms with Crippen LogP contribution in [0.3, 0.4) is 0 Å². The van der Waals surface area contributed by atoms with Crippen LogP contribution in [0.1, 0.15) is 31.4 Å². The zero-order valence-electron chi connectivity index (χ0n) is 10.5. The van der Waals surface area contributed by atoms with Gasteiger partial charge in [0.05, 0.1) is 6.61 Å².